The summed E-state index contributed by atoms with van der Waals surface area (Å²) in [7, 11) is 1.91. The number of aliphatic hydroxyl groups excluding tert-OH is 1. The maximum Gasteiger partial charge on any atom is 0.115 e. The van der Waals surface area contributed by atoms with E-state index >= 15 is 0 Å². The summed E-state index contributed by atoms with van der Waals surface area (Å²) in [5.41, 5.74) is 2.58. The first-order valence-electron chi connectivity index (χ1n) is 11.2. The quantitative estimate of drug-likeness (QED) is 0.625. The zero-order valence-corrected chi connectivity index (χ0v) is 17.3. The average molecular weight is 390 g/mol. The Morgan fingerprint density at radius 3 is 2.89 bits per heavy atom. The number of aliphatic hydroxyl groups is 1. The van der Waals surface area contributed by atoms with Gasteiger partial charge in [0.2, 0.25) is 0 Å². The molecule has 7 atom stereocenters. The fraction of sp³-hybridized carbons (Fsp3) is 0.750. The molecule has 0 saturated heterocycles. The summed E-state index contributed by atoms with van der Waals surface area (Å²) in [6, 6.07) is 5.82. The van der Waals surface area contributed by atoms with Crippen molar-refractivity contribution in [3.8, 4) is 5.75 Å². The van der Waals surface area contributed by atoms with Crippen LogP contribution in [0.4, 0.5) is 4.39 Å². The molecule has 0 aliphatic heterocycles. The molecule has 2 saturated carbocycles. The highest BCUT2D eigenvalue weighted by atomic mass is 19.1. The van der Waals surface area contributed by atoms with Crippen molar-refractivity contribution in [1.29, 1.82) is 0 Å². The van der Waals surface area contributed by atoms with Crippen molar-refractivity contribution in [2.45, 2.75) is 76.5 Å². The third kappa shape index (κ3) is 3.47. The second-order valence-corrected chi connectivity index (χ2v) is 9.85. The smallest absolute Gasteiger partial charge is 0.115 e. The molecule has 3 N–H and O–H groups in total. The molecule has 0 heterocycles. The summed E-state index contributed by atoms with van der Waals surface area (Å²) in [6.45, 7) is 3.13. The maximum atomic E-state index is 14.9. The molecular formula is C24H36FNO2. The first kappa shape index (κ1) is 20.2. The van der Waals surface area contributed by atoms with Crippen LogP contribution < -0.4 is 5.32 Å². The maximum absolute atomic E-state index is 14.9. The monoisotopic (exact) mass is 389 g/mol. The molecule has 28 heavy (non-hydrogen) atoms. The Kier molecular flexibility index (Phi) is 5.72. The number of benzene rings is 1. The molecule has 3 nitrogen and oxygen atoms in total. The van der Waals surface area contributed by atoms with E-state index in [0.29, 0.717) is 42.3 Å². The van der Waals surface area contributed by atoms with E-state index in [9.17, 15) is 14.6 Å². The molecule has 3 aliphatic carbocycles. The molecular weight excluding hydrogens is 353 g/mol. The summed E-state index contributed by atoms with van der Waals surface area (Å²) in [4.78, 5) is 0. The van der Waals surface area contributed by atoms with Gasteiger partial charge < -0.3 is 15.5 Å². The first-order valence-corrected chi connectivity index (χ1v) is 11.2. The molecule has 0 bridgehead atoms. The molecule has 0 aromatic heterocycles. The van der Waals surface area contributed by atoms with Crippen LogP contribution in [0.15, 0.2) is 18.2 Å². The third-order valence-electron chi connectivity index (χ3n) is 8.34. The number of hydrogen-bond donors (Lipinski definition) is 3. The van der Waals surface area contributed by atoms with Crippen molar-refractivity contribution in [1.82, 2.24) is 5.32 Å². The topological polar surface area (TPSA) is 52.5 Å². The lowest BCUT2D eigenvalue weighted by molar-refractivity contribution is -0.0424. The summed E-state index contributed by atoms with van der Waals surface area (Å²) in [6.07, 6.45) is 6.06. The van der Waals surface area contributed by atoms with Crippen molar-refractivity contribution < 1.29 is 14.6 Å². The van der Waals surface area contributed by atoms with Crippen molar-refractivity contribution in [3.63, 3.8) is 0 Å². The summed E-state index contributed by atoms with van der Waals surface area (Å²) >= 11 is 0. The van der Waals surface area contributed by atoms with Crippen molar-refractivity contribution in [2.24, 2.45) is 23.2 Å². The number of fused-ring (bicyclic) bond motifs is 5. The fourth-order valence-electron chi connectivity index (χ4n) is 6.92. The molecule has 1 unspecified atom stereocenters. The van der Waals surface area contributed by atoms with Crippen molar-refractivity contribution in [2.75, 3.05) is 13.6 Å². The van der Waals surface area contributed by atoms with Gasteiger partial charge in [0.05, 0.1) is 6.10 Å². The third-order valence-corrected chi connectivity index (χ3v) is 8.34. The van der Waals surface area contributed by atoms with Gasteiger partial charge in [-0.3, -0.25) is 0 Å². The van der Waals surface area contributed by atoms with Gasteiger partial charge in [-0.1, -0.05) is 13.0 Å². The van der Waals surface area contributed by atoms with Crippen molar-refractivity contribution in [3.05, 3.63) is 29.3 Å². The van der Waals surface area contributed by atoms with Gasteiger partial charge in [0, 0.05) is 0 Å². The van der Waals surface area contributed by atoms with E-state index in [4.69, 9.17) is 0 Å². The largest absolute Gasteiger partial charge is 0.508 e. The van der Waals surface area contributed by atoms with Gasteiger partial charge in [-0.25, -0.2) is 4.39 Å². The molecule has 3 aliphatic rings. The highest BCUT2D eigenvalue weighted by molar-refractivity contribution is 5.40. The molecule has 4 heteroatoms. The van der Waals surface area contributed by atoms with Gasteiger partial charge in [0.15, 0.2) is 0 Å². The average Bonchev–Trinajstić information content (AvgIpc) is 2.96. The van der Waals surface area contributed by atoms with E-state index in [-0.39, 0.29) is 11.5 Å². The molecule has 1 aromatic carbocycles. The van der Waals surface area contributed by atoms with Gasteiger partial charge in [-0.2, -0.15) is 0 Å². The highest BCUT2D eigenvalue weighted by Crippen LogP contribution is 2.62. The summed E-state index contributed by atoms with van der Waals surface area (Å²) in [5, 5.41) is 23.8. The molecule has 0 radical (unpaired) electrons. The van der Waals surface area contributed by atoms with E-state index in [1.54, 1.807) is 0 Å². The number of halogens is 1. The van der Waals surface area contributed by atoms with Gasteiger partial charge in [-0.15, -0.1) is 0 Å². The number of hydrogen-bond acceptors (Lipinski definition) is 3. The summed E-state index contributed by atoms with van der Waals surface area (Å²) < 4.78 is 14.9. The minimum Gasteiger partial charge on any atom is -0.508 e. The Balaban J connectivity index is 1.62. The molecule has 0 amide bonds. The van der Waals surface area contributed by atoms with E-state index in [2.05, 4.69) is 18.3 Å². The zero-order chi connectivity index (χ0) is 19.9. The van der Waals surface area contributed by atoms with Crippen LogP contribution in [0.2, 0.25) is 0 Å². The van der Waals surface area contributed by atoms with E-state index < -0.39 is 6.17 Å². The van der Waals surface area contributed by atoms with Crippen LogP contribution in [0, 0.1) is 23.2 Å². The Morgan fingerprint density at radius 1 is 1.29 bits per heavy atom. The Labute approximate surface area is 168 Å². The second-order valence-electron chi connectivity index (χ2n) is 9.85. The van der Waals surface area contributed by atoms with Crippen LogP contribution in [0.5, 0.6) is 5.75 Å². The lowest BCUT2D eigenvalue weighted by atomic mass is 9.52. The van der Waals surface area contributed by atoms with Crippen LogP contribution in [0.1, 0.15) is 68.9 Å². The first-order chi connectivity index (χ1) is 13.4. The Hall–Kier alpha value is -1.13. The lowest BCUT2D eigenvalue weighted by Gasteiger charge is -2.53. The predicted molar refractivity (Wildman–Crippen MR) is 110 cm³/mol. The minimum absolute atomic E-state index is 0.00816. The number of alkyl halides is 1. The number of phenols is 1. The minimum atomic E-state index is -0.766. The standard InChI is InChI=1S/C24H36FNO2/c1-24-10-9-20-19-6-5-18(27)14-15(19)12-16(13-17(25)4-3-11-26-2)23(20)21(24)7-8-22(24)28/h5-6,14,16-17,20-23,26-28H,3-4,7-13H2,1-2H3/t16-,17?,20+,21-,22-,23+,24-/m0/s1. The van der Waals surface area contributed by atoms with Gasteiger partial charge in [0.1, 0.15) is 11.9 Å². The molecule has 0 spiro atoms. The Morgan fingerprint density at radius 2 is 2.11 bits per heavy atom. The van der Waals surface area contributed by atoms with Crippen LogP contribution in [-0.2, 0) is 6.42 Å². The number of phenolic OH excluding ortho intramolecular Hbond substituents is 1. The van der Waals surface area contributed by atoms with Gasteiger partial charge in [-0.05, 0) is 117 Å². The van der Waals surface area contributed by atoms with Gasteiger partial charge in [0.25, 0.3) is 0 Å². The normalized spacial score (nSPS) is 37.8. The fourth-order valence-corrected chi connectivity index (χ4v) is 6.92. The van der Waals surface area contributed by atoms with E-state index in [1.165, 1.54) is 11.1 Å². The highest BCUT2D eigenvalue weighted by Gasteiger charge is 2.56. The lowest BCUT2D eigenvalue weighted by Crippen LogP contribution is -2.47. The van der Waals surface area contributed by atoms with Crippen LogP contribution in [0.25, 0.3) is 0 Å². The Bertz CT molecular complexity index is 695. The number of nitrogens with one attached hydrogen (secondary N) is 1. The number of aromatic hydroxyl groups is 1. The predicted octanol–water partition coefficient (Wildman–Crippen LogP) is 4.56. The molecule has 4 rings (SSSR count). The summed E-state index contributed by atoms with van der Waals surface area (Å²) in [5.74, 6) is 2.01. The van der Waals surface area contributed by atoms with Crippen molar-refractivity contribution >= 4 is 0 Å². The van der Waals surface area contributed by atoms with Crippen LogP contribution in [0.3, 0.4) is 0 Å². The molecule has 156 valence electrons. The van der Waals surface area contributed by atoms with E-state index in [0.717, 1.165) is 45.1 Å². The van der Waals surface area contributed by atoms with E-state index in [1.807, 2.05) is 19.2 Å². The van der Waals surface area contributed by atoms with Gasteiger partial charge >= 0.3 is 0 Å². The number of rotatable bonds is 6. The SMILES string of the molecule is CNCCCC(F)C[C@@H]1Cc2cc(O)ccc2[C@H]2CC[C@]3(C)[C@@H](O)CC[C@H]3[C@H]12. The van der Waals surface area contributed by atoms with Crippen LogP contribution in [-0.4, -0.2) is 36.1 Å². The second kappa shape index (κ2) is 7.95. The molecule has 2 fully saturated rings. The van der Waals surface area contributed by atoms with Crippen LogP contribution >= 0.6 is 0 Å². The molecule has 1 aromatic rings. The zero-order valence-electron chi connectivity index (χ0n) is 17.3.